The van der Waals surface area contributed by atoms with E-state index in [1.54, 1.807) is 0 Å². The summed E-state index contributed by atoms with van der Waals surface area (Å²) in [7, 11) is 0. The van der Waals surface area contributed by atoms with E-state index < -0.39 is 5.97 Å². The van der Waals surface area contributed by atoms with Crippen LogP contribution in [0.1, 0.15) is 6.42 Å². The summed E-state index contributed by atoms with van der Waals surface area (Å²) < 4.78 is 0. The Morgan fingerprint density at radius 3 is 2.33 bits per heavy atom. The fourth-order valence-corrected chi connectivity index (χ4v) is 0.557. The molecule has 0 aromatic carbocycles. The quantitative estimate of drug-likeness (QED) is 0.404. The van der Waals surface area contributed by atoms with E-state index in [-0.39, 0.29) is 18.7 Å². The predicted octanol–water partition coefficient (Wildman–Crippen LogP) is -2.02. The molecule has 0 aromatic rings. The van der Waals surface area contributed by atoms with Gasteiger partial charge in [0, 0.05) is 19.1 Å². The Morgan fingerprint density at radius 1 is 1.67 bits per heavy atom. The second-order valence-electron chi connectivity index (χ2n) is 1.71. The van der Waals surface area contributed by atoms with Crippen molar-refractivity contribution in [2.45, 2.75) is 12.6 Å². The summed E-state index contributed by atoms with van der Waals surface area (Å²) in [5.74, 6) is -1.02. The number of carboxylic acids is 1. The topological polar surface area (TPSA) is 101 Å². The lowest BCUT2D eigenvalue weighted by atomic mass is 10.3. The van der Waals surface area contributed by atoms with Gasteiger partial charge in [-0.1, -0.05) is 0 Å². The van der Waals surface area contributed by atoms with Crippen LogP contribution in [0.2, 0.25) is 0 Å². The highest BCUT2D eigenvalue weighted by atomic mass is 16.4. The van der Waals surface area contributed by atoms with Gasteiger partial charge in [0.1, 0.15) is 0 Å². The molecule has 1 rings (SSSR count). The lowest BCUT2D eigenvalue weighted by Gasteiger charge is -2.29. The molecule has 0 bridgehead atoms. The van der Waals surface area contributed by atoms with Crippen molar-refractivity contribution in [3.05, 3.63) is 0 Å². The zero-order chi connectivity index (χ0) is 5.98. The first-order valence-electron chi connectivity index (χ1n) is 2.45. The van der Waals surface area contributed by atoms with Gasteiger partial charge in [0.05, 0.1) is 6.17 Å². The zero-order valence-corrected chi connectivity index (χ0v) is 5.31. The third-order valence-corrected chi connectivity index (χ3v) is 1.07. The SMILES string of the molecule is O=C([O-])CC1NCN1.[NH4+]. The predicted molar refractivity (Wildman–Crippen MR) is 30.5 cm³/mol. The van der Waals surface area contributed by atoms with Crippen LogP contribution >= 0.6 is 0 Å². The molecule has 0 saturated carbocycles. The Morgan fingerprint density at radius 2 is 2.22 bits per heavy atom. The summed E-state index contributed by atoms with van der Waals surface area (Å²) in [4.78, 5) is 9.81. The first-order valence-corrected chi connectivity index (χ1v) is 2.45. The second kappa shape index (κ2) is 3.39. The molecule has 5 heteroatoms. The third kappa shape index (κ3) is 2.41. The van der Waals surface area contributed by atoms with Gasteiger partial charge in [-0.15, -0.1) is 0 Å². The molecule has 0 radical (unpaired) electrons. The highest BCUT2D eigenvalue weighted by Gasteiger charge is 2.13. The number of nitrogens with one attached hydrogen (secondary N) is 2. The summed E-state index contributed by atoms with van der Waals surface area (Å²) >= 11 is 0. The van der Waals surface area contributed by atoms with Crippen molar-refractivity contribution in [3.8, 4) is 0 Å². The molecule has 0 unspecified atom stereocenters. The number of hydrogen-bond donors (Lipinski definition) is 3. The largest absolute Gasteiger partial charge is 0.550 e. The van der Waals surface area contributed by atoms with Gasteiger partial charge in [-0.2, -0.15) is 0 Å². The average molecular weight is 133 g/mol. The van der Waals surface area contributed by atoms with E-state index in [0.717, 1.165) is 0 Å². The molecule has 1 saturated heterocycles. The third-order valence-electron chi connectivity index (χ3n) is 1.07. The van der Waals surface area contributed by atoms with Gasteiger partial charge >= 0.3 is 0 Å². The van der Waals surface area contributed by atoms with Crippen molar-refractivity contribution < 1.29 is 9.90 Å². The van der Waals surface area contributed by atoms with E-state index in [9.17, 15) is 9.90 Å². The van der Waals surface area contributed by atoms with Crippen molar-refractivity contribution in [2.24, 2.45) is 0 Å². The fraction of sp³-hybridized carbons (Fsp3) is 0.750. The van der Waals surface area contributed by atoms with E-state index in [4.69, 9.17) is 0 Å². The Kier molecular flexibility index (Phi) is 3.15. The normalized spacial score (nSPS) is 17.8. The lowest BCUT2D eigenvalue weighted by molar-refractivity contribution is -0.306. The van der Waals surface area contributed by atoms with E-state index in [1.165, 1.54) is 0 Å². The highest BCUT2D eigenvalue weighted by molar-refractivity contribution is 5.65. The average Bonchev–Trinajstić information content (AvgIpc) is 1.55. The van der Waals surface area contributed by atoms with Crippen LogP contribution in [0.15, 0.2) is 0 Å². The van der Waals surface area contributed by atoms with Gasteiger partial charge in [0.25, 0.3) is 0 Å². The molecular formula is C4H11N3O2. The molecule has 6 N–H and O–H groups in total. The van der Waals surface area contributed by atoms with Gasteiger partial charge in [0.2, 0.25) is 0 Å². The van der Waals surface area contributed by atoms with Crippen LogP contribution < -0.4 is 21.9 Å². The van der Waals surface area contributed by atoms with Crippen LogP contribution in [-0.2, 0) is 4.79 Å². The summed E-state index contributed by atoms with van der Waals surface area (Å²) in [5.41, 5.74) is 0. The molecule has 1 aliphatic rings. The van der Waals surface area contributed by atoms with Gasteiger partial charge in [-0.25, -0.2) is 0 Å². The molecule has 0 aliphatic carbocycles. The van der Waals surface area contributed by atoms with Gasteiger partial charge in [0.15, 0.2) is 0 Å². The number of carbonyl (C=O) groups excluding carboxylic acids is 1. The number of rotatable bonds is 2. The fourth-order valence-electron chi connectivity index (χ4n) is 0.557. The number of carbonyl (C=O) groups is 1. The molecule has 1 heterocycles. The first kappa shape index (κ1) is 8.35. The summed E-state index contributed by atoms with van der Waals surface area (Å²) in [6.45, 7) is 0.706. The van der Waals surface area contributed by atoms with Gasteiger partial charge in [-0.05, 0) is 0 Å². The number of hydrogen-bond acceptors (Lipinski definition) is 4. The molecule has 5 nitrogen and oxygen atoms in total. The Labute approximate surface area is 53.0 Å². The van der Waals surface area contributed by atoms with Gasteiger partial charge in [-0.3, -0.25) is 10.6 Å². The lowest BCUT2D eigenvalue weighted by Crippen LogP contribution is -2.60. The molecule has 0 amide bonds. The Hall–Kier alpha value is -0.650. The number of quaternary nitrogens is 1. The van der Waals surface area contributed by atoms with Crippen LogP contribution in [0.3, 0.4) is 0 Å². The molecule has 1 fully saturated rings. The Balaban J connectivity index is 0.000000640. The number of aliphatic carboxylic acids is 1. The standard InChI is InChI=1S/C4H8N2O2.H3N/c7-4(8)1-3-5-2-6-3;/h3,5-6H,1-2H2,(H,7,8);1H3. The van der Waals surface area contributed by atoms with Crippen LogP contribution in [-0.4, -0.2) is 18.8 Å². The van der Waals surface area contributed by atoms with E-state index in [0.29, 0.717) is 6.67 Å². The maximum Gasteiger partial charge on any atom is 0.0644 e. The molecule has 0 atom stereocenters. The van der Waals surface area contributed by atoms with Crippen LogP contribution in [0.4, 0.5) is 0 Å². The van der Waals surface area contributed by atoms with Crippen LogP contribution in [0.25, 0.3) is 0 Å². The molecule has 9 heavy (non-hydrogen) atoms. The maximum atomic E-state index is 9.81. The summed E-state index contributed by atoms with van der Waals surface area (Å²) in [6, 6.07) is 0. The number of carboxylic acid groups (broad SMARTS) is 1. The second-order valence-corrected chi connectivity index (χ2v) is 1.71. The van der Waals surface area contributed by atoms with Crippen molar-refractivity contribution in [3.63, 3.8) is 0 Å². The van der Waals surface area contributed by atoms with Crippen molar-refractivity contribution >= 4 is 5.97 Å². The highest BCUT2D eigenvalue weighted by Crippen LogP contribution is 1.90. The molecule has 1 aliphatic heterocycles. The smallest absolute Gasteiger partial charge is 0.0644 e. The zero-order valence-electron chi connectivity index (χ0n) is 5.31. The Bertz CT molecular complexity index is 102. The van der Waals surface area contributed by atoms with E-state index >= 15 is 0 Å². The molecule has 0 spiro atoms. The van der Waals surface area contributed by atoms with Crippen molar-refractivity contribution in [2.75, 3.05) is 6.67 Å². The summed E-state index contributed by atoms with van der Waals surface area (Å²) in [6.07, 6.45) is -0.000000000000000666. The minimum Gasteiger partial charge on any atom is -0.550 e. The summed E-state index contributed by atoms with van der Waals surface area (Å²) in [5, 5.41) is 15.5. The van der Waals surface area contributed by atoms with Gasteiger partial charge < -0.3 is 16.1 Å². The van der Waals surface area contributed by atoms with Crippen molar-refractivity contribution in [1.82, 2.24) is 16.8 Å². The van der Waals surface area contributed by atoms with E-state index in [2.05, 4.69) is 10.6 Å². The molecule has 0 aromatic heterocycles. The first-order chi connectivity index (χ1) is 3.79. The monoisotopic (exact) mass is 133 g/mol. The van der Waals surface area contributed by atoms with Crippen LogP contribution in [0.5, 0.6) is 0 Å². The van der Waals surface area contributed by atoms with Crippen LogP contribution in [0, 0.1) is 0 Å². The van der Waals surface area contributed by atoms with E-state index in [1.807, 2.05) is 0 Å². The molecular weight excluding hydrogens is 122 g/mol. The molecule has 54 valence electrons. The maximum absolute atomic E-state index is 9.81. The minimum absolute atomic E-state index is 0. The van der Waals surface area contributed by atoms with Crippen molar-refractivity contribution in [1.29, 1.82) is 0 Å². The minimum atomic E-state index is -1.02.